The van der Waals surface area contributed by atoms with Gasteiger partial charge in [0.2, 0.25) is 5.78 Å². The van der Waals surface area contributed by atoms with E-state index in [1.165, 1.54) is 29.5 Å². The third-order valence-corrected chi connectivity index (χ3v) is 2.96. The molecule has 0 radical (unpaired) electrons. The summed E-state index contributed by atoms with van der Waals surface area (Å²) in [6.45, 7) is 0. The Kier molecular flexibility index (Phi) is 3.59. The molecule has 90 valence electrons. The first-order chi connectivity index (χ1) is 8.66. The van der Waals surface area contributed by atoms with Gasteiger partial charge in [-0.3, -0.25) is 14.9 Å². The molecule has 0 spiro atoms. The van der Waals surface area contributed by atoms with Crippen LogP contribution in [0, 0.1) is 10.1 Å². The van der Waals surface area contributed by atoms with E-state index in [4.69, 9.17) is 0 Å². The van der Waals surface area contributed by atoms with E-state index in [-0.39, 0.29) is 11.5 Å². The summed E-state index contributed by atoms with van der Waals surface area (Å²) in [5.41, 5.74) is 0.754. The molecule has 1 aromatic heterocycles. The van der Waals surface area contributed by atoms with Crippen LogP contribution in [-0.4, -0.2) is 15.7 Å². The number of nitro groups is 1. The van der Waals surface area contributed by atoms with Gasteiger partial charge in [-0.15, -0.1) is 11.3 Å². The molecule has 1 heterocycles. The van der Waals surface area contributed by atoms with Crippen molar-refractivity contribution in [2.75, 3.05) is 0 Å². The van der Waals surface area contributed by atoms with Gasteiger partial charge in [0.25, 0.3) is 5.69 Å². The number of aromatic nitrogens is 1. The fraction of sp³-hybridized carbons (Fsp3) is 0. The number of rotatable bonds is 4. The van der Waals surface area contributed by atoms with Gasteiger partial charge in [-0.25, -0.2) is 4.98 Å². The van der Waals surface area contributed by atoms with Crippen molar-refractivity contribution >= 4 is 28.9 Å². The van der Waals surface area contributed by atoms with Crippen LogP contribution in [0.2, 0.25) is 0 Å². The summed E-state index contributed by atoms with van der Waals surface area (Å²) in [4.78, 5) is 25.5. The molecule has 0 atom stereocenters. The van der Waals surface area contributed by atoms with Crippen molar-refractivity contribution in [3.63, 3.8) is 0 Å². The molecule has 0 aliphatic carbocycles. The van der Waals surface area contributed by atoms with Gasteiger partial charge in [0.15, 0.2) is 5.01 Å². The Morgan fingerprint density at radius 2 is 2.06 bits per heavy atom. The zero-order valence-electron chi connectivity index (χ0n) is 9.15. The van der Waals surface area contributed by atoms with Crippen molar-refractivity contribution < 1.29 is 9.72 Å². The van der Waals surface area contributed by atoms with Crippen molar-refractivity contribution in [2.45, 2.75) is 0 Å². The second kappa shape index (κ2) is 5.33. The van der Waals surface area contributed by atoms with Gasteiger partial charge < -0.3 is 0 Å². The predicted octanol–water partition coefficient (Wildman–Crippen LogP) is 2.95. The molecule has 6 heteroatoms. The Hall–Kier alpha value is -2.34. The van der Waals surface area contributed by atoms with Crippen LogP contribution in [0.1, 0.15) is 15.4 Å². The fourth-order valence-corrected chi connectivity index (χ4v) is 1.85. The zero-order valence-corrected chi connectivity index (χ0v) is 9.96. The largest absolute Gasteiger partial charge is 0.287 e. The van der Waals surface area contributed by atoms with E-state index in [2.05, 4.69) is 4.98 Å². The molecule has 0 saturated carbocycles. The van der Waals surface area contributed by atoms with Crippen molar-refractivity contribution in [2.24, 2.45) is 0 Å². The van der Waals surface area contributed by atoms with Gasteiger partial charge in [-0.2, -0.15) is 0 Å². The normalized spacial score (nSPS) is 10.7. The molecule has 2 rings (SSSR count). The molecule has 0 fully saturated rings. The molecule has 0 amide bonds. The smallest absolute Gasteiger partial charge is 0.269 e. The highest BCUT2D eigenvalue weighted by Crippen LogP contribution is 2.13. The van der Waals surface area contributed by atoms with Crippen LogP contribution in [0.4, 0.5) is 5.69 Å². The van der Waals surface area contributed by atoms with Gasteiger partial charge in [0.1, 0.15) is 0 Å². The lowest BCUT2D eigenvalue weighted by molar-refractivity contribution is -0.384. The lowest BCUT2D eigenvalue weighted by Gasteiger charge is -1.93. The number of carbonyl (C=O) groups is 1. The lowest BCUT2D eigenvalue weighted by Crippen LogP contribution is -1.92. The Balaban J connectivity index is 2.09. The molecule has 2 aromatic rings. The molecule has 0 saturated heterocycles. The highest BCUT2D eigenvalue weighted by Gasteiger charge is 2.05. The van der Waals surface area contributed by atoms with Crippen LogP contribution in [-0.2, 0) is 0 Å². The van der Waals surface area contributed by atoms with Crippen LogP contribution < -0.4 is 0 Å². The number of hydrogen-bond acceptors (Lipinski definition) is 5. The maximum Gasteiger partial charge on any atom is 0.269 e. The molecule has 0 aliphatic heterocycles. The maximum absolute atomic E-state index is 11.6. The molecule has 0 N–H and O–H groups in total. The van der Waals surface area contributed by atoms with Crippen LogP contribution in [0.3, 0.4) is 0 Å². The lowest BCUT2D eigenvalue weighted by atomic mass is 10.2. The fourth-order valence-electron chi connectivity index (χ4n) is 1.30. The van der Waals surface area contributed by atoms with Crippen LogP contribution in [0.15, 0.2) is 41.9 Å². The van der Waals surface area contributed by atoms with Gasteiger partial charge in [-0.1, -0.05) is 6.08 Å². The third kappa shape index (κ3) is 2.86. The minimum Gasteiger partial charge on any atom is -0.287 e. The van der Waals surface area contributed by atoms with E-state index in [0.717, 1.165) is 5.56 Å². The Morgan fingerprint density at radius 1 is 1.33 bits per heavy atom. The van der Waals surface area contributed by atoms with Crippen molar-refractivity contribution in [1.29, 1.82) is 0 Å². The van der Waals surface area contributed by atoms with E-state index in [1.807, 2.05) is 0 Å². The minimum absolute atomic E-state index is 0.0263. The predicted molar refractivity (Wildman–Crippen MR) is 68.6 cm³/mol. The average Bonchev–Trinajstić information content (AvgIpc) is 2.90. The first-order valence-corrected chi connectivity index (χ1v) is 5.91. The number of nitrogens with zero attached hydrogens (tertiary/aromatic N) is 2. The Labute approximate surface area is 107 Å². The van der Waals surface area contributed by atoms with Crippen molar-refractivity contribution in [3.8, 4) is 0 Å². The number of carbonyl (C=O) groups excluding carboxylic acids is 1. The molecular formula is C12H8N2O3S. The summed E-state index contributed by atoms with van der Waals surface area (Å²) in [7, 11) is 0. The SMILES string of the molecule is O=C(/C=C\c1ccc([N+](=O)[O-])cc1)c1nccs1. The first-order valence-electron chi connectivity index (χ1n) is 5.03. The van der Waals surface area contributed by atoms with E-state index in [1.54, 1.807) is 29.8 Å². The van der Waals surface area contributed by atoms with Crippen molar-refractivity contribution in [1.82, 2.24) is 4.98 Å². The number of nitro benzene ring substituents is 1. The van der Waals surface area contributed by atoms with Gasteiger partial charge in [-0.05, 0) is 23.8 Å². The topological polar surface area (TPSA) is 73.1 Å². The zero-order chi connectivity index (χ0) is 13.0. The van der Waals surface area contributed by atoms with Gasteiger partial charge in [0, 0.05) is 23.7 Å². The maximum atomic E-state index is 11.6. The van der Waals surface area contributed by atoms with Gasteiger partial charge >= 0.3 is 0 Å². The summed E-state index contributed by atoms with van der Waals surface area (Å²) >= 11 is 1.27. The highest BCUT2D eigenvalue weighted by atomic mass is 32.1. The van der Waals surface area contributed by atoms with E-state index in [0.29, 0.717) is 5.01 Å². The Morgan fingerprint density at radius 3 is 2.61 bits per heavy atom. The van der Waals surface area contributed by atoms with Crippen LogP contribution in [0.5, 0.6) is 0 Å². The molecule has 0 aliphatic rings. The Bertz CT molecular complexity index is 588. The molecule has 0 unspecified atom stereocenters. The number of non-ortho nitro benzene ring substituents is 1. The number of thiazole rings is 1. The summed E-state index contributed by atoms with van der Waals surface area (Å²) in [5.74, 6) is -0.177. The second-order valence-electron chi connectivity index (χ2n) is 3.38. The minimum atomic E-state index is -0.464. The molecular weight excluding hydrogens is 252 g/mol. The second-order valence-corrected chi connectivity index (χ2v) is 4.28. The third-order valence-electron chi connectivity index (χ3n) is 2.17. The summed E-state index contributed by atoms with van der Waals surface area (Å²) in [5, 5.41) is 12.6. The van der Waals surface area contributed by atoms with Crippen LogP contribution in [0.25, 0.3) is 6.08 Å². The number of ketones is 1. The summed E-state index contributed by atoms with van der Waals surface area (Å²) < 4.78 is 0. The van der Waals surface area contributed by atoms with E-state index >= 15 is 0 Å². The first kappa shape index (κ1) is 12.1. The highest BCUT2D eigenvalue weighted by molar-refractivity contribution is 7.11. The van der Waals surface area contributed by atoms with E-state index in [9.17, 15) is 14.9 Å². The van der Waals surface area contributed by atoms with E-state index < -0.39 is 4.92 Å². The molecule has 0 bridgehead atoms. The monoisotopic (exact) mass is 260 g/mol. The summed E-state index contributed by atoms with van der Waals surface area (Å²) in [6, 6.07) is 5.97. The molecule has 18 heavy (non-hydrogen) atoms. The standard InChI is InChI=1S/C12H8N2O3S/c15-11(12-13-7-8-18-12)6-3-9-1-4-10(5-2-9)14(16)17/h1-8H/b6-3-. The quantitative estimate of drug-likeness (QED) is 0.366. The number of benzene rings is 1. The number of allylic oxidation sites excluding steroid dienone is 1. The summed E-state index contributed by atoms with van der Waals surface area (Å²) in [6.07, 6.45) is 4.57. The van der Waals surface area contributed by atoms with Crippen LogP contribution >= 0.6 is 11.3 Å². The number of hydrogen-bond donors (Lipinski definition) is 0. The van der Waals surface area contributed by atoms with Crippen molar-refractivity contribution in [3.05, 3.63) is 62.6 Å². The molecule has 5 nitrogen and oxygen atoms in total. The van der Waals surface area contributed by atoms with Gasteiger partial charge in [0.05, 0.1) is 4.92 Å². The molecule has 1 aromatic carbocycles. The average molecular weight is 260 g/mol.